The van der Waals surface area contributed by atoms with E-state index in [0.29, 0.717) is 5.75 Å². The molecule has 0 amide bonds. The molecule has 0 saturated heterocycles. The summed E-state index contributed by atoms with van der Waals surface area (Å²) < 4.78 is 25.1. The highest BCUT2D eigenvalue weighted by atomic mass is 32.1. The lowest BCUT2D eigenvalue weighted by Crippen LogP contribution is -2.00. The fraction of sp³-hybridized carbons (Fsp3) is 0.222. The largest absolute Gasteiger partial charge is 0.294 e. The zero-order valence-electron chi connectivity index (χ0n) is 6.76. The first-order valence-corrected chi connectivity index (χ1v) is 4.37. The van der Waals surface area contributed by atoms with Crippen molar-refractivity contribution in [1.82, 2.24) is 0 Å². The molecule has 0 atom stereocenters. The van der Waals surface area contributed by atoms with E-state index in [1.165, 1.54) is 6.07 Å². The van der Waals surface area contributed by atoms with Gasteiger partial charge in [-0.05, 0) is 24.0 Å². The standard InChI is InChI=1S/C9H8F2OS/c10-7-2-1-6(5-8(7)11)9(12)3-4-13/h1-2,5,13H,3-4H2. The minimum Gasteiger partial charge on any atom is -0.294 e. The predicted molar refractivity (Wildman–Crippen MR) is 49.2 cm³/mol. The number of hydrogen-bond donors (Lipinski definition) is 1. The zero-order valence-corrected chi connectivity index (χ0v) is 7.65. The fourth-order valence-corrected chi connectivity index (χ4v) is 1.12. The normalized spacial score (nSPS) is 10.1. The molecule has 0 unspecified atom stereocenters. The van der Waals surface area contributed by atoms with Crippen molar-refractivity contribution < 1.29 is 13.6 Å². The number of halogens is 2. The molecule has 1 aromatic rings. The second-order valence-electron chi connectivity index (χ2n) is 2.53. The summed E-state index contributed by atoms with van der Waals surface area (Å²) in [6.45, 7) is 0. The minimum absolute atomic E-state index is 0.188. The third kappa shape index (κ3) is 2.52. The third-order valence-corrected chi connectivity index (χ3v) is 1.80. The van der Waals surface area contributed by atoms with Crippen molar-refractivity contribution in [3.63, 3.8) is 0 Å². The van der Waals surface area contributed by atoms with Crippen LogP contribution >= 0.6 is 12.6 Å². The molecular formula is C9H8F2OS. The maximum Gasteiger partial charge on any atom is 0.163 e. The first-order valence-electron chi connectivity index (χ1n) is 3.74. The van der Waals surface area contributed by atoms with Gasteiger partial charge in [0.1, 0.15) is 0 Å². The van der Waals surface area contributed by atoms with Crippen LogP contribution < -0.4 is 0 Å². The van der Waals surface area contributed by atoms with Gasteiger partial charge in [0.2, 0.25) is 0 Å². The summed E-state index contributed by atoms with van der Waals surface area (Å²) in [5, 5.41) is 0. The smallest absolute Gasteiger partial charge is 0.163 e. The van der Waals surface area contributed by atoms with Crippen molar-refractivity contribution in [3.05, 3.63) is 35.4 Å². The monoisotopic (exact) mass is 202 g/mol. The Morgan fingerprint density at radius 1 is 1.31 bits per heavy atom. The zero-order chi connectivity index (χ0) is 9.84. The molecule has 0 radical (unpaired) electrons. The first kappa shape index (κ1) is 10.2. The summed E-state index contributed by atoms with van der Waals surface area (Å²) >= 11 is 3.87. The van der Waals surface area contributed by atoms with Gasteiger partial charge in [-0.15, -0.1) is 0 Å². The van der Waals surface area contributed by atoms with Crippen LogP contribution in [0.5, 0.6) is 0 Å². The Bertz CT molecular complexity index is 325. The Balaban J connectivity index is 2.90. The molecule has 13 heavy (non-hydrogen) atoms. The highest BCUT2D eigenvalue weighted by molar-refractivity contribution is 7.80. The minimum atomic E-state index is -0.995. The van der Waals surface area contributed by atoms with E-state index < -0.39 is 11.6 Å². The molecule has 0 saturated carbocycles. The average molecular weight is 202 g/mol. The Morgan fingerprint density at radius 3 is 2.54 bits per heavy atom. The van der Waals surface area contributed by atoms with E-state index in [4.69, 9.17) is 0 Å². The van der Waals surface area contributed by atoms with E-state index in [0.717, 1.165) is 12.1 Å². The Labute approximate surface area is 80.2 Å². The Morgan fingerprint density at radius 2 is 2.00 bits per heavy atom. The number of carbonyl (C=O) groups is 1. The van der Waals surface area contributed by atoms with Crippen molar-refractivity contribution in [3.8, 4) is 0 Å². The summed E-state index contributed by atoms with van der Waals surface area (Å²) in [5.41, 5.74) is 0.188. The highest BCUT2D eigenvalue weighted by Crippen LogP contribution is 2.10. The highest BCUT2D eigenvalue weighted by Gasteiger charge is 2.08. The van der Waals surface area contributed by atoms with Crippen LogP contribution in [0.2, 0.25) is 0 Å². The van der Waals surface area contributed by atoms with E-state index in [1.807, 2.05) is 0 Å². The topological polar surface area (TPSA) is 17.1 Å². The van der Waals surface area contributed by atoms with Gasteiger partial charge >= 0.3 is 0 Å². The van der Waals surface area contributed by atoms with Crippen LogP contribution in [0.4, 0.5) is 8.78 Å². The number of thiol groups is 1. The molecule has 0 aliphatic rings. The maximum absolute atomic E-state index is 12.6. The lowest BCUT2D eigenvalue weighted by atomic mass is 10.1. The molecule has 0 heterocycles. The van der Waals surface area contributed by atoms with Gasteiger partial charge in [-0.25, -0.2) is 8.78 Å². The molecular weight excluding hydrogens is 194 g/mol. The molecule has 0 spiro atoms. The maximum atomic E-state index is 12.6. The molecule has 0 bridgehead atoms. The van der Waals surface area contributed by atoms with Crippen molar-refractivity contribution in [2.24, 2.45) is 0 Å². The van der Waals surface area contributed by atoms with Crippen LogP contribution in [0.15, 0.2) is 18.2 Å². The molecule has 70 valence electrons. The lowest BCUT2D eigenvalue weighted by Gasteiger charge is -1.99. The van der Waals surface area contributed by atoms with E-state index in [1.54, 1.807) is 0 Å². The molecule has 0 aliphatic carbocycles. The average Bonchev–Trinajstić information content (AvgIpc) is 2.10. The molecule has 0 fully saturated rings. The van der Waals surface area contributed by atoms with E-state index in [9.17, 15) is 13.6 Å². The van der Waals surface area contributed by atoms with Crippen LogP contribution in [0.25, 0.3) is 0 Å². The van der Waals surface area contributed by atoms with Gasteiger partial charge < -0.3 is 0 Å². The molecule has 1 nitrogen and oxygen atoms in total. The van der Waals surface area contributed by atoms with Gasteiger partial charge in [-0.2, -0.15) is 12.6 Å². The van der Waals surface area contributed by atoms with Crippen molar-refractivity contribution in [1.29, 1.82) is 0 Å². The van der Waals surface area contributed by atoms with Crippen LogP contribution in [-0.2, 0) is 0 Å². The van der Waals surface area contributed by atoms with Crippen molar-refractivity contribution >= 4 is 18.4 Å². The van der Waals surface area contributed by atoms with Crippen LogP contribution in [0, 0.1) is 11.6 Å². The quantitative estimate of drug-likeness (QED) is 0.588. The molecule has 1 aromatic carbocycles. The fourth-order valence-electron chi connectivity index (χ4n) is 0.915. The van der Waals surface area contributed by atoms with Gasteiger partial charge in [0, 0.05) is 12.0 Å². The number of hydrogen-bond acceptors (Lipinski definition) is 2. The second-order valence-corrected chi connectivity index (χ2v) is 2.97. The molecule has 0 aromatic heterocycles. The molecule has 4 heteroatoms. The molecule has 0 N–H and O–H groups in total. The van der Waals surface area contributed by atoms with Gasteiger partial charge in [-0.3, -0.25) is 4.79 Å². The van der Waals surface area contributed by atoms with Crippen molar-refractivity contribution in [2.75, 3.05) is 5.75 Å². The van der Waals surface area contributed by atoms with E-state index in [2.05, 4.69) is 12.6 Å². The number of Topliss-reactive ketones (excluding diaryl/α,β-unsaturated/α-hetero) is 1. The first-order chi connectivity index (χ1) is 6.15. The third-order valence-electron chi connectivity index (χ3n) is 1.58. The van der Waals surface area contributed by atoms with Crippen LogP contribution in [-0.4, -0.2) is 11.5 Å². The summed E-state index contributed by atoms with van der Waals surface area (Å²) in [5.74, 6) is -1.76. The van der Waals surface area contributed by atoms with Crippen LogP contribution in [0.1, 0.15) is 16.8 Å². The van der Waals surface area contributed by atoms with E-state index in [-0.39, 0.29) is 17.8 Å². The van der Waals surface area contributed by atoms with Crippen LogP contribution in [0.3, 0.4) is 0 Å². The van der Waals surface area contributed by atoms with Gasteiger partial charge in [0.05, 0.1) is 0 Å². The number of rotatable bonds is 3. The predicted octanol–water partition coefficient (Wildman–Crippen LogP) is 2.47. The number of benzene rings is 1. The van der Waals surface area contributed by atoms with Gasteiger partial charge in [-0.1, -0.05) is 0 Å². The number of carbonyl (C=O) groups excluding carboxylic acids is 1. The molecule has 0 aliphatic heterocycles. The second kappa shape index (κ2) is 4.37. The summed E-state index contributed by atoms with van der Waals surface area (Å²) in [4.78, 5) is 11.2. The Kier molecular flexibility index (Phi) is 3.42. The number of ketones is 1. The Hall–Kier alpha value is -0.900. The van der Waals surface area contributed by atoms with Gasteiger partial charge in [0.25, 0.3) is 0 Å². The van der Waals surface area contributed by atoms with E-state index >= 15 is 0 Å². The lowest BCUT2D eigenvalue weighted by molar-refractivity contribution is 0.0989. The molecule has 1 rings (SSSR count). The summed E-state index contributed by atoms with van der Waals surface area (Å²) in [7, 11) is 0. The summed E-state index contributed by atoms with van der Waals surface area (Å²) in [6.07, 6.45) is 0.230. The SMILES string of the molecule is O=C(CCS)c1ccc(F)c(F)c1. The van der Waals surface area contributed by atoms with Gasteiger partial charge in [0.15, 0.2) is 17.4 Å². The van der Waals surface area contributed by atoms with Crippen molar-refractivity contribution in [2.45, 2.75) is 6.42 Å². The summed E-state index contributed by atoms with van der Waals surface area (Å²) in [6, 6.07) is 3.12.